The van der Waals surface area contributed by atoms with E-state index in [1.807, 2.05) is 0 Å². The topological polar surface area (TPSA) is 62.2 Å². The fourth-order valence-corrected chi connectivity index (χ4v) is 1.32. The molecule has 0 unspecified atom stereocenters. The maximum absolute atomic E-state index is 10.6. The summed E-state index contributed by atoms with van der Waals surface area (Å²) < 4.78 is 0. The summed E-state index contributed by atoms with van der Waals surface area (Å²) in [5.74, 6) is -0.198. The molecule has 0 bridgehead atoms. The van der Waals surface area contributed by atoms with Crippen LogP contribution in [-0.4, -0.2) is 22.6 Å². The SMILES string of the molecule is CC1(CNc2ccc(C(=O)O)cn2)CC1. The van der Waals surface area contributed by atoms with Crippen LogP contribution in [0.2, 0.25) is 0 Å². The molecular formula is C11H14N2O2. The summed E-state index contributed by atoms with van der Waals surface area (Å²) in [7, 11) is 0. The molecule has 1 fully saturated rings. The van der Waals surface area contributed by atoms with Crippen molar-refractivity contribution in [2.24, 2.45) is 5.41 Å². The molecule has 0 aromatic carbocycles. The zero-order valence-corrected chi connectivity index (χ0v) is 8.66. The minimum Gasteiger partial charge on any atom is -0.478 e. The van der Waals surface area contributed by atoms with Gasteiger partial charge in [-0.15, -0.1) is 0 Å². The summed E-state index contributed by atoms with van der Waals surface area (Å²) in [6, 6.07) is 3.27. The molecule has 15 heavy (non-hydrogen) atoms. The molecule has 0 saturated heterocycles. The Kier molecular flexibility index (Phi) is 2.34. The van der Waals surface area contributed by atoms with Crippen molar-refractivity contribution in [3.05, 3.63) is 23.9 Å². The summed E-state index contributed by atoms with van der Waals surface area (Å²) in [6.45, 7) is 3.14. The molecule has 4 nitrogen and oxygen atoms in total. The summed E-state index contributed by atoms with van der Waals surface area (Å²) in [4.78, 5) is 14.6. The Morgan fingerprint density at radius 3 is 2.80 bits per heavy atom. The van der Waals surface area contributed by atoms with Crippen LogP contribution in [0, 0.1) is 5.41 Å². The predicted octanol–water partition coefficient (Wildman–Crippen LogP) is 1.99. The highest BCUT2D eigenvalue weighted by atomic mass is 16.4. The van der Waals surface area contributed by atoms with E-state index in [4.69, 9.17) is 5.11 Å². The number of nitrogens with one attached hydrogen (secondary N) is 1. The van der Waals surface area contributed by atoms with Crippen molar-refractivity contribution < 1.29 is 9.90 Å². The Bertz CT molecular complexity index is 369. The van der Waals surface area contributed by atoms with Gasteiger partial charge in [0.25, 0.3) is 0 Å². The molecule has 80 valence electrons. The first-order chi connectivity index (χ1) is 7.09. The second-order valence-electron chi connectivity index (χ2n) is 4.40. The van der Waals surface area contributed by atoms with Gasteiger partial charge in [0.2, 0.25) is 0 Å². The maximum Gasteiger partial charge on any atom is 0.337 e. The number of carbonyl (C=O) groups is 1. The largest absolute Gasteiger partial charge is 0.478 e. The lowest BCUT2D eigenvalue weighted by atomic mass is 10.1. The zero-order chi connectivity index (χ0) is 10.9. The molecule has 4 heteroatoms. The highest BCUT2D eigenvalue weighted by Crippen LogP contribution is 2.44. The highest BCUT2D eigenvalue weighted by Gasteiger charge is 2.36. The van der Waals surface area contributed by atoms with Gasteiger partial charge in [-0.1, -0.05) is 6.92 Å². The van der Waals surface area contributed by atoms with Gasteiger partial charge in [-0.2, -0.15) is 0 Å². The highest BCUT2D eigenvalue weighted by molar-refractivity contribution is 5.87. The molecule has 1 saturated carbocycles. The van der Waals surface area contributed by atoms with Crippen molar-refractivity contribution in [3.63, 3.8) is 0 Å². The van der Waals surface area contributed by atoms with E-state index < -0.39 is 5.97 Å². The van der Waals surface area contributed by atoms with Gasteiger partial charge in [0.05, 0.1) is 5.56 Å². The average molecular weight is 206 g/mol. The van der Waals surface area contributed by atoms with Crippen molar-refractivity contribution in [2.75, 3.05) is 11.9 Å². The third kappa shape index (κ3) is 2.46. The van der Waals surface area contributed by atoms with E-state index in [-0.39, 0.29) is 5.56 Å². The number of rotatable bonds is 4. The van der Waals surface area contributed by atoms with Crippen LogP contribution in [0.3, 0.4) is 0 Å². The van der Waals surface area contributed by atoms with Gasteiger partial charge in [-0.3, -0.25) is 0 Å². The van der Waals surface area contributed by atoms with Crippen molar-refractivity contribution in [1.82, 2.24) is 4.98 Å². The predicted molar refractivity (Wildman–Crippen MR) is 57.0 cm³/mol. The first-order valence-corrected chi connectivity index (χ1v) is 5.02. The summed E-state index contributed by atoms with van der Waals surface area (Å²) in [5.41, 5.74) is 0.644. The van der Waals surface area contributed by atoms with Crippen LogP contribution in [0.25, 0.3) is 0 Å². The molecule has 2 rings (SSSR count). The maximum atomic E-state index is 10.6. The van der Waals surface area contributed by atoms with Gasteiger partial charge in [0.1, 0.15) is 5.82 Å². The number of hydrogen-bond donors (Lipinski definition) is 2. The number of aromatic nitrogens is 1. The van der Waals surface area contributed by atoms with Gasteiger partial charge in [0.15, 0.2) is 0 Å². The van der Waals surface area contributed by atoms with Gasteiger partial charge in [0, 0.05) is 12.7 Å². The van der Waals surface area contributed by atoms with E-state index >= 15 is 0 Å². The fraction of sp³-hybridized carbons (Fsp3) is 0.455. The molecular weight excluding hydrogens is 192 g/mol. The van der Waals surface area contributed by atoms with Gasteiger partial charge in [-0.05, 0) is 30.4 Å². The Labute approximate surface area is 88.3 Å². The third-order valence-corrected chi connectivity index (χ3v) is 2.81. The normalized spacial score (nSPS) is 17.1. The number of carboxylic acid groups (broad SMARTS) is 1. The second kappa shape index (κ2) is 3.53. The molecule has 1 aromatic heterocycles. The second-order valence-corrected chi connectivity index (χ2v) is 4.40. The lowest BCUT2D eigenvalue weighted by molar-refractivity contribution is 0.0696. The molecule has 0 amide bonds. The lowest BCUT2D eigenvalue weighted by Gasteiger charge is -2.10. The molecule has 1 aromatic rings. The number of nitrogens with zero attached hydrogens (tertiary/aromatic N) is 1. The minimum absolute atomic E-state index is 0.221. The van der Waals surface area contributed by atoms with Crippen LogP contribution < -0.4 is 5.32 Å². The van der Waals surface area contributed by atoms with Gasteiger partial charge < -0.3 is 10.4 Å². The molecule has 1 heterocycles. The molecule has 0 aliphatic heterocycles. The van der Waals surface area contributed by atoms with Crippen LogP contribution in [0.1, 0.15) is 30.1 Å². The molecule has 2 N–H and O–H groups in total. The number of carboxylic acids is 1. The first kappa shape index (κ1) is 9.96. The van der Waals surface area contributed by atoms with Crippen molar-refractivity contribution in [1.29, 1.82) is 0 Å². The number of pyridine rings is 1. The average Bonchev–Trinajstić information content (AvgIpc) is 2.95. The van der Waals surface area contributed by atoms with Crippen LogP contribution in [-0.2, 0) is 0 Å². The third-order valence-electron chi connectivity index (χ3n) is 2.81. The molecule has 0 radical (unpaired) electrons. The smallest absolute Gasteiger partial charge is 0.337 e. The van der Waals surface area contributed by atoms with Crippen LogP contribution in [0.15, 0.2) is 18.3 Å². The number of aromatic carboxylic acids is 1. The first-order valence-electron chi connectivity index (χ1n) is 5.02. The van der Waals surface area contributed by atoms with E-state index in [1.165, 1.54) is 19.0 Å². The van der Waals surface area contributed by atoms with Crippen LogP contribution >= 0.6 is 0 Å². The quantitative estimate of drug-likeness (QED) is 0.790. The van der Waals surface area contributed by atoms with Gasteiger partial charge in [-0.25, -0.2) is 9.78 Å². The van der Waals surface area contributed by atoms with Crippen molar-refractivity contribution in [2.45, 2.75) is 19.8 Å². The van der Waals surface area contributed by atoms with Crippen molar-refractivity contribution in [3.8, 4) is 0 Å². The summed E-state index contributed by atoms with van der Waals surface area (Å²) in [6.07, 6.45) is 3.89. The van der Waals surface area contributed by atoms with E-state index in [9.17, 15) is 4.79 Å². The van der Waals surface area contributed by atoms with E-state index in [2.05, 4.69) is 17.2 Å². The monoisotopic (exact) mass is 206 g/mol. The Hall–Kier alpha value is -1.58. The molecule has 0 atom stereocenters. The van der Waals surface area contributed by atoms with Crippen LogP contribution in [0.5, 0.6) is 0 Å². The fourth-order valence-electron chi connectivity index (χ4n) is 1.32. The Morgan fingerprint density at radius 2 is 2.33 bits per heavy atom. The Morgan fingerprint density at radius 1 is 1.60 bits per heavy atom. The van der Waals surface area contributed by atoms with Gasteiger partial charge >= 0.3 is 5.97 Å². The lowest BCUT2D eigenvalue weighted by Crippen LogP contribution is -2.12. The standard InChI is InChI=1S/C11H14N2O2/c1-11(4-5-11)7-13-9-3-2-8(6-12-9)10(14)15/h2-3,6H,4-5,7H2,1H3,(H,12,13)(H,14,15). The number of anilines is 1. The Balaban J connectivity index is 1.95. The number of hydrogen-bond acceptors (Lipinski definition) is 3. The van der Waals surface area contributed by atoms with E-state index in [0.29, 0.717) is 5.41 Å². The van der Waals surface area contributed by atoms with E-state index in [1.54, 1.807) is 12.1 Å². The minimum atomic E-state index is -0.941. The summed E-state index contributed by atoms with van der Waals surface area (Å²) >= 11 is 0. The summed E-state index contributed by atoms with van der Waals surface area (Å²) in [5, 5.41) is 11.9. The van der Waals surface area contributed by atoms with Crippen LogP contribution in [0.4, 0.5) is 5.82 Å². The van der Waals surface area contributed by atoms with Crippen molar-refractivity contribution >= 4 is 11.8 Å². The molecule has 1 aliphatic carbocycles. The molecule has 0 spiro atoms. The molecule has 1 aliphatic rings. The van der Waals surface area contributed by atoms with E-state index in [0.717, 1.165) is 12.4 Å². The zero-order valence-electron chi connectivity index (χ0n) is 8.66.